The fourth-order valence-electron chi connectivity index (χ4n) is 3.21. The molecule has 1 aliphatic carbocycles. The van der Waals surface area contributed by atoms with Crippen LogP contribution in [0.3, 0.4) is 0 Å². The SMILES string of the molecule is CC(C)N(CCNC1Cc2ccccc2C1)C(C)C. The van der Waals surface area contributed by atoms with E-state index in [9.17, 15) is 0 Å². The Hall–Kier alpha value is -0.860. The van der Waals surface area contributed by atoms with Gasteiger partial charge in [0.25, 0.3) is 0 Å². The summed E-state index contributed by atoms with van der Waals surface area (Å²) in [6.07, 6.45) is 2.39. The summed E-state index contributed by atoms with van der Waals surface area (Å²) in [5.74, 6) is 0. The molecule has 0 spiro atoms. The van der Waals surface area contributed by atoms with Crippen LogP contribution in [0.2, 0.25) is 0 Å². The van der Waals surface area contributed by atoms with Crippen LogP contribution in [-0.4, -0.2) is 36.1 Å². The van der Waals surface area contributed by atoms with Gasteiger partial charge in [-0.3, -0.25) is 4.90 Å². The minimum absolute atomic E-state index is 0.627. The number of benzene rings is 1. The van der Waals surface area contributed by atoms with Crippen molar-refractivity contribution >= 4 is 0 Å². The summed E-state index contributed by atoms with van der Waals surface area (Å²) in [4.78, 5) is 2.55. The Balaban J connectivity index is 1.76. The van der Waals surface area contributed by atoms with Gasteiger partial charge in [0.1, 0.15) is 0 Å². The fraction of sp³-hybridized carbons (Fsp3) is 0.647. The Morgan fingerprint density at radius 2 is 1.58 bits per heavy atom. The number of nitrogens with zero attached hydrogens (tertiary/aromatic N) is 1. The van der Waals surface area contributed by atoms with E-state index in [4.69, 9.17) is 0 Å². The molecule has 2 rings (SSSR count). The molecule has 2 heteroatoms. The van der Waals surface area contributed by atoms with Crippen molar-refractivity contribution < 1.29 is 0 Å². The summed E-state index contributed by atoms with van der Waals surface area (Å²) in [5, 5.41) is 3.73. The van der Waals surface area contributed by atoms with Gasteiger partial charge in [-0.2, -0.15) is 0 Å². The topological polar surface area (TPSA) is 15.3 Å². The molecule has 0 fully saturated rings. The smallest absolute Gasteiger partial charge is 0.0149 e. The second kappa shape index (κ2) is 6.53. The van der Waals surface area contributed by atoms with Crippen molar-refractivity contribution in [2.75, 3.05) is 13.1 Å². The lowest BCUT2D eigenvalue weighted by Crippen LogP contribution is -2.43. The molecule has 1 aromatic rings. The summed E-state index contributed by atoms with van der Waals surface area (Å²) in [5.41, 5.74) is 3.06. The second-order valence-electron chi connectivity index (χ2n) is 6.25. The summed E-state index contributed by atoms with van der Waals surface area (Å²) in [6.45, 7) is 11.4. The molecule has 0 aromatic heterocycles. The molecule has 0 heterocycles. The van der Waals surface area contributed by atoms with Crippen molar-refractivity contribution in [1.29, 1.82) is 0 Å². The third kappa shape index (κ3) is 3.80. The summed E-state index contributed by atoms with van der Waals surface area (Å²) >= 11 is 0. The van der Waals surface area contributed by atoms with Crippen molar-refractivity contribution in [1.82, 2.24) is 10.2 Å². The van der Waals surface area contributed by atoms with Crippen molar-refractivity contribution in [2.24, 2.45) is 0 Å². The van der Waals surface area contributed by atoms with Crippen LogP contribution in [0.5, 0.6) is 0 Å². The quantitative estimate of drug-likeness (QED) is 0.846. The average molecular weight is 260 g/mol. The van der Waals surface area contributed by atoms with E-state index < -0.39 is 0 Å². The summed E-state index contributed by atoms with van der Waals surface area (Å²) < 4.78 is 0. The van der Waals surface area contributed by atoms with Gasteiger partial charge in [-0.1, -0.05) is 24.3 Å². The minimum Gasteiger partial charge on any atom is -0.312 e. The Labute approximate surface area is 118 Å². The Bertz CT molecular complexity index is 365. The van der Waals surface area contributed by atoms with Gasteiger partial charge >= 0.3 is 0 Å². The van der Waals surface area contributed by atoms with Crippen molar-refractivity contribution in [3.63, 3.8) is 0 Å². The molecule has 19 heavy (non-hydrogen) atoms. The van der Waals surface area contributed by atoms with E-state index in [2.05, 4.69) is 62.2 Å². The molecule has 0 radical (unpaired) electrons. The summed E-state index contributed by atoms with van der Waals surface area (Å²) in [6, 6.07) is 10.7. The van der Waals surface area contributed by atoms with Crippen molar-refractivity contribution in [3.05, 3.63) is 35.4 Å². The molecule has 1 aliphatic rings. The number of hydrogen-bond acceptors (Lipinski definition) is 2. The molecule has 106 valence electrons. The van der Waals surface area contributed by atoms with Crippen LogP contribution in [0.4, 0.5) is 0 Å². The maximum absolute atomic E-state index is 3.73. The van der Waals surface area contributed by atoms with Gasteiger partial charge in [0, 0.05) is 31.2 Å². The van der Waals surface area contributed by atoms with E-state index in [1.54, 1.807) is 0 Å². The predicted molar refractivity (Wildman–Crippen MR) is 82.6 cm³/mol. The zero-order chi connectivity index (χ0) is 13.8. The Morgan fingerprint density at radius 1 is 1.05 bits per heavy atom. The first kappa shape index (κ1) is 14.5. The fourth-order valence-corrected chi connectivity index (χ4v) is 3.21. The second-order valence-corrected chi connectivity index (χ2v) is 6.25. The maximum Gasteiger partial charge on any atom is 0.0149 e. The van der Waals surface area contributed by atoms with Crippen molar-refractivity contribution in [2.45, 2.75) is 58.7 Å². The number of hydrogen-bond donors (Lipinski definition) is 1. The van der Waals surface area contributed by atoms with E-state index >= 15 is 0 Å². The largest absolute Gasteiger partial charge is 0.312 e. The predicted octanol–water partition coefficient (Wildman–Crippen LogP) is 2.86. The van der Waals surface area contributed by atoms with Gasteiger partial charge in [0.15, 0.2) is 0 Å². The zero-order valence-electron chi connectivity index (χ0n) is 12.8. The van der Waals surface area contributed by atoms with Gasteiger partial charge in [-0.15, -0.1) is 0 Å². The van der Waals surface area contributed by atoms with Gasteiger partial charge in [-0.25, -0.2) is 0 Å². The highest BCUT2D eigenvalue weighted by molar-refractivity contribution is 5.33. The molecule has 0 saturated carbocycles. The lowest BCUT2D eigenvalue weighted by molar-refractivity contribution is 0.174. The first-order valence-corrected chi connectivity index (χ1v) is 7.64. The highest BCUT2D eigenvalue weighted by Gasteiger charge is 2.20. The number of nitrogens with one attached hydrogen (secondary N) is 1. The maximum atomic E-state index is 3.73. The standard InChI is InChI=1S/C17H28N2/c1-13(2)19(14(3)4)10-9-18-17-11-15-7-5-6-8-16(15)12-17/h5-8,13-14,17-18H,9-12H2,1-4H3. The molecule has 0 saturated heterocycles. The molecule has 1 N–H and O–H groups in total. The number of rotatable bonds is 6. The van der Waals surface area contributed by atoms with Crippen LogP contribution in [-0.2, 0) is 12.8 Å². The van der Waals surface area contributed by atoms with E-state index in [1.165, 1.54) is 24.0 Å². The first-order valence-electron chi connectivity index (χ1n) is 7.64. The van der Waals surface area contributed by atoms with Crippen LogP contribution < -0.4 is 5.32 Å². The molecule has 1 aromatic carbocycles. The number of fused-ring (bicyclic) bond motifs is 1. The molecule has 0 atom stereocenters. The van der Waals surface area contributed by atoms with Gasteiger partial charge in [0.2, 0.25) is 0 Å². The highest BCUT2D eigenvalue weighted by atomic mass is 15.2. The van der Waals surface area contributed by atoms with Crippen LogP contribution in [0.15, 0.2) is 24.3 Å². The molecule has 0 aliphatic heterocycles. The molecule has 0 bridgehead atoms. The van der Waals surface area contributed by atoms with Gasteiger partial charge < -0.3 is 5.32 Å². The molecule has 2 nitrogen and oxygen atoms in total. The van der Waals surface area contributed by atoms with E-state index in [0.717, 1.165) is 13.1 Å². The average Bonchev–Trinajstić information content (AvgIpc) is 2.76. The summed E-state index contributed by atoms with van der Waals surface area (Å²) in [7, 11) is 0. The van der Waals surface area contributed by atoms with Crippen LogP contribution in [0.1, 0.15) is 38.8 Å². The van der Waals surface area contributed by atoms with E-state index in [-0.39, 0.29) is 0 Å². The molecular weight excluding hydrogens is 232 g/mol. The lowest BCUT2D eigenvalue weighted by atomic mass is 10.1. The van der Waals surface area contributed by atoms with Crippen LogP contribution in [0.25, 0.3) is 0 Å². The minimum atomic E-state index is 0.627. The molecule has 0 amide bonds. The van der Waals surface area contributed by atoms with Gasteiger partial charge in [-0.05, 0) is 51.7 Å². The van der Waals surface area contributed by atoms with Crippen molar-refractivity contribution in [3.8, 4) is 0 Å². The molecule has 0 unspecified atom stereocenters. The first-order chi connectivity index (χ1) is 9.08. The lowest BCUT2D eigenvalue weighted by Gasteiger charge is -2.31. The van der Waals surface area contributed by atoms with Crippen LogP contribution >= 0.6 is 0 Å². The Morgan fingerprint density at radius 3 is 2.05 bits per heavy atom. The van der Waals surface area contributed by atoms with Crippen LogP contribution in [0, 0.1) is 0 Å². The third-order valence-corrected chi connectivity index (χ3v) is 4.18. The zero-order valence-corrected chi connectivity index (χ0v) is 12.8. The van der Waals surface area contributed by atoms with E-state index in [0.29, 0.717) is 18.1 Å². The third-order valence-electron chi connectivity index (χ3n) is 4.18. The highest BCUT2D eigenvalue weighted by Crippen LogP contribution is 2.21. The van der Waals surface area contributed by atoms with E-state index in [1.807, 2.05) is 0 Å². The normalized spacial score (nSPS) is 15.7. The molecular formula is C17H28N2. The monoisotopic (exact) mass is 260 g/mol. The Kier molecular flexibility index (Phi) is 5.00. The van der Waals surface area contributed by atoms with Gasteiger partial charge in [0.05, 0.1) is 0 Å².